The lowest BCUT2D eigenvalue weighted by atomic mass is 9.87. The van der Waals surface area contributed by atoms with Gasteiger partial charge in [-0.1, -0.05) is 93.6 Å². The van der Waals surface area contributed by atoms with Crippen LogP contribution in [0.15, 0.2) is 115 Å². The molecule has 1 aromatic heterocycles. The molecular weight excluding hydrogens is 482 g/mol. The number of benzene rings is 4. The molecule has 0 saturated heterocycles. The second-order valence-electron chi connectivity index (χ2n) is 10.6. The number of amides is 1. The lowest BCUT2D eigenvalue weighted by Crippen LogP contribution is -2.23. The number of carbonyl (C=O) groups excluding carboxylic acids is 1. The highest BCUT2D eigenvalue weighted by Crippen LogP contribution is 2.25. The summed E-state index contributed by atoms with van der Waals surface area (Å²) in [6.07, 6.45) is 1.98. The van der Waals surface area contributed by atoms with E-state index in [2.05, 4.69) is 38.2 Å². The molecule has 5 heteroatoms. The quantitative estimate of drug-likeness (QED) is 0.235. The van der Waals surface area contributed by atoms with Crippen LogP contribution in [0.4, 0.5) is 0 Å². The zero-order chi connectivity index (χ0) is 27.2. The number of hydrogen-bond donors (Lipinski definition) is 1. The van der Waals surface area contributed by atoms with Crippen LogP contribution in [0, 0.1) is 0 Å². The Hall–Kier alpha value is -4.64. The number of rotatable bonds is 8. The van der Waals surface area contributed by atoms with Crippen LogP contribution in [0.2, 0.25) is 0 Å². The molecule has 5 nitrogen and oxygen atoms in total. The number of hydrogen-bond acceptors (Lipinski definition) is 3. The Kier molecular flexibility index (Phi) is 7.60. The Morgan fingerprint density at radius 2 is 1.54 bits per heavy atom. The highest BCUT2D eigenvalue weighted by atomic mass is 16.5. The number of ether oxygens (including phenoxy) is 1. The summed E-state index contributed by atoms with van der Waals surface area (Å²) in [6.45, 7) is 7.32. The molecule has 1 amide bonds. The largest absolute Gasteiger partial charge is 0.489 e. The van der Waals surface area contributed by atoms with Gasteiger partial charge in [-0.25, -0.2) is 4.68 Å². The van der Waals surface area contributed by atoms with Gasteiger partial charge in [0.15, 0.2) is 0 Å². The number of nitrogens with one attached hydrogen (secondary N) is 1. The molecule has 5 rings (SSSR count). The van der Waals surface area contributed by atoms with E-state index in [1.54, 1.807) is 0 Å². The summed E-state index contributed by atoms with van der Waals surface area (Å²) in [5, 5.41) is 7.91. The second kappa shape index (κ2) is 11.4. The van der Waals surface area contributed by atoms with Crippen molar-refractivity contribution in [1.82, 2.24) is 15.1 Å². The van der Waals surface area contributed by atoms with Crippen LogP contribution in [0.25, 0.3) is 16.9 Å². The van der Waals surface area contributed by atoms with Gasteiger partial charge in [0.05, 0.1) is 11.4 Å². The minimum Gasteiger partial charge on any atom is -0.489 e. The van der Waals surface area contributed by atoms with E-state index in [9.17, 15) is 4.79 Å². The lowest BCUT2D eigenvalue weighted by Gasteiger charge is -2.19. The van der Waals surface area contributed by atoms with Crippen molar-refractivity contribution < 1.29 is 9.53 Å². The number of carbonyl (C=O) groups is 1. The first kappa shape index (κ1) is 26.0. The van der Waals surface area contributed by atoms with E-state index in [0.717, 1.165) is 33.8 Å². The highest BCUT2D eigenvalue weighted by molar-refractivity contribution is 5.94. The summed E-state index contributed by atoms with van der Waals surface area (Å²) < 4.78 is 7.85. The topological polar surface area (TPSA) is 56.1 Å². The van der Waals surface area contributed by atoms with Crippen molar-refractivity contribution in [3.05, 3.63) is 138 Å². The number of nitrogens with zero attached hydrogens (tertiary/aromatic N) is 2. The predicted molar refractivity (Wildman–Crippen MR) is 156 cm³/mol. The Morgan fingerprint density at radius 3 is 2.23 bits per heavy atom. The summed E-state index contributed by atoms with van der Waals surface area (Å²) in [7, 11) is 0. The maximum atomic E-state index is 13.1. The van der Waals surface area contributed by atoms with Crippen molar-refractivity contribution in [3.63, 3.8) is 0 Å². The molecule has 0 bridgehead atoms. The normalized spacial score (nSPS) is 11.3. The van der Waals surface area contributed by atoms with Crippen LogP contribution < -0.4 is 10.1 Å². The third-order valence-corrected chi connectivity index (χ3v) is 6.61. The highest BCUT2D eigenvalue weighted by Gasteiger charge is 2.15. The summed E-state index contributed by atoms with van der Waals surface area (Å²) in [5.41, 5.74) is 6.65. The fourth-order valence-corrected chi connectivity index (χ4v) is 4.39. The lowest BCUT2D eigenvalue weighted by molar-refractivity contribution is 0.0951. The van der Waals surface area contributed by atoms with E-state index >= 15 is 0 Å². The molecule has 1 heterocycles. The van der Waals surface area contributed by atoms with Crippen molar-refractivity contribution in [3.8, 4) is 22.7 Å². The molecule has 0 spiro atoms. The van der Waals surface area contributed by atoms with Crippen molar-refractivity contribution in [2.75, 3.05) is 0 Å². The third-order valence-electron chi connectivity index (χ3n) is 6.61. The van der Waals surface area contributed by atoms with E-state index in [1.807, 2.05) is 108 Å². The summed E-state index contributed by atoms with van der Waals surface area (Å²) in [6, 6.07) is 35.8. The van der Waals surface area contributed by atoms with Gasteiger partial charge in [-0.2, -0.15) is 5.10 Å². The molecule has 196 valence electrons. The molecule has 0 atom stereocenters. The second-order valence-corrected chi connectivity index (χ2v) is 10.6. The van der Waals surface area contributed by atoms with Gasteiger partial charge >= 0.3 is 0 Å². The molecule has 0 radical (unpaired) electrons. The van der Waals surface area contributed by atoms with Gasteiger partial charge in [0.25, 0.3) is 5.91 Å². The zero-order valence-corrected chi connectivity index (χ0v) is 22.6. The van der Waals surface area contributed by atoms with Gasteiger partial charge < -0.3 is 10.1 Å². The van der Waals surface area contributed by atoms with Gasteiger partial charge in [0.2, 0.25) is 0 Å². The predicted octanol–water partition coefficient (Wildman–Crippen LogP) is 7.35. The average Bonchev–Trinajstić information content (AvgIpc) is 3.40. The minimum atomic E-state index is -0.141. The summed E-state index contributed by atoms with van der Waals surface area (Å²) in [5.74, 6) is 0.666. The maximum Gasteiger partial charge on any atom is 0.251 e. The van der Waals surface area contributed by atoms with Crippen molar-refractivity contribution in [2.45, 2.75) is 39.3 Å². The Morgan fingerprint density at radius 1 is 0.846 bits per heavy atom. The standard InChI is InChI=1S/C34H33N3O2/c1-34(2,3)29-17-19-31(20-18-29)39-24-25-11-10-14-27(21-25)33(38)35-22-28-23-37(30-15-8-5-9-16-30)36-32(28)26-12-6-4-7-13-26/h4-21,23H,22,24H2,1-3H3,(H,35,38). The van der Waals surface area contributed by atoms with Crippen molar-refractivity contribution in [2.24, 2.45) is 0 Å². The molecular formula is C34H33N3O2. The molecule has 5 aromatic rings. The van der Waals surface area contributed by atoms with Crippen LogP contribution in [0.1, 0.15) is 47.8 Å². The monoisotopic (exact) mass is 515 g/mol. The summed E-state index contributed by atoms with van der Waals surface area (Å²) >= 11 is 0. The smallest absolute Gasteiger partial charge is 0.251 e. The molecule has 39 heavy (non-hydrogen) atoms. The van der Waals surface area contributed by atoms with Crippen molar-refractivity contribution >= 4 is 5.91 Å². The van der Waals surface area contributed by atoms with Gasteiger partial charge in [0, 0.05) is 29.4 Å². The third kappa shape index (κ3) is 6.44. The first-order chi connectivity index (χ1) is 18.9. The number of para-hydroxylation sites is 1. The van der Waals surface area contributed by atoms with E-state index in [-0.39, 0.29) is 11.3 Å². The molecule has 0 saturated carbocycles. The molecule has 0 unspecified atom stereocenters. The van der Waals surface area contributed by atoms with Crippen LogP contribution in [0.5, 0.6) is 5.75 Å². The van der Waals surface area contributed by atoms with E-state index in [4.69, 9.17) is 9.84 Å². The molecule has 1 N–H and O–H groups in total. The Balaban J connectivity index is 1.27. The van der Waals surface area contributed by atoms with E-state index < -0.39 is 0 Å². The van der Waals surface area contributed by atoms with Crippen LogP contribution in [-0.2, 0) is 18.6 Å². The molecule has 0 aliphatic carbocycles. The molecule has 0 aliphatic rings. The fraction of sp³-hybridized carbons (Fsp3) is 0.176. The first-order valence-corrected chi connectivity index (χ1v) is 13.2. The SMILES string of the molecule is CC(C)(C)c1ccc(OCc2cccc(C(=O)NCc3cn(-c4ccccc4)nc3-c3ccccc3)c2)cc1. The Bertz CT molecular complexity index is 1530. The average molecular weight is 516 g/mol. The van der Waals surface area contributed by atoms with Crippen molar-refractivity contribution in [1.29, 1.82) is 0 Å². The van der Waals surface area contributed by atoms with Crippen LogP contribution >= 0.6 is 0 Å². The first-order valence-electron chi connectivity index (χ1n) is 13.2. The van der Waals surface area contributed by atoms with E-state index in [1.165, 1.54) is 5.56 Å². The van der Waals surface area contributed by atoms with Gasteiger partial charge in [-0.15, -0.1) is 0 Å². The fourth-order valence-electron chi connectivity index (χ4n) is 4.39. The van der Waals surface area contributed by atoms with Crippen LogP contribution in [-0.4, -0.2) is 15.7 Å². The van der Waals surface area contributed by atoms with Crippen LogP contribution in [0.3, 0.4) is 0 Å². The minimum absolute atomic E-state index is 0.0995. The summed E-state index contributed by atoms with van der Waals surface area (Å²) in [4.78, 5) is 13.1. The number of aromatic nitrogens is 2. The zero-order valence-electron chi connectivity index (χ0n) is 22.6. The maximum absolute atomic E-state index is 13.1. The van der Waals surface area contributed by atoms with Gasteiger partial charge in [-0.05, 0) is 52.9 Å². The Labute approximate surface area is 230 Å². The molecule has 0 aliphatic heterocycles. The molecule has 4 aromatic carbocycles. The van der Waals surface area contributed by atoms with Gasteiger partial charge in [0.1, 0.15) is 12.4 Å². The van der Waals surface area contributed by atoms with Gasteiger partial charge in [-0.3, -0.25) is 4.79 Å². The molecule has 0 fully saturated rings. The van der Waals surface area contributed by atoms with E-state index in [0.29, 0.717) is 18.7 Å².